The third-order valence-corrected chi connectivity index (χ3v) is 11.9. The number of carbonyl (C=O) groups is 1. The van der Waals surface area contributed by atoms with Gasteiger partial charge < -0.3 is 28.8 Å². The second-order valence-corrected chi connectivity index (χ2v) is 19.2. The van der Waals surface area contributed by atoms with Crippen molar-refractivity contribution >= 4 is 13.7 Å². The molecule has 0 saturated carbocycles. The Bertz CT molecular complexity index is 984. The zero-order chi connectivity index (χ0) is 42.1. The van der Waals surface area contributed by atoms with Crippen LogP contribution in [0.4, 0.5) is 0 Å². The molecule has 0 aromatic carbocycles. The maximum atomic E-state index is 12.9. The molecule has 9 heteroatoms. The fourth-order valence-corrected chi connectivity index (χ4v) is 7.77. The van der Waals surface area contributed by atoms with E-state index in [2.05, 4.69) is 31.3 Å². The summed E-state index contributed by atoms with van der Waals surface area (Å²) in [4.78, 5) is 25.3. The Kier molecular flexibility index (Phi) is 39.7. The predicted molar refractivity (Wildman–Crippen MR) is 242 cm³/mol. The van der Waals surface area contributed by atoms with Crippen molar-refractivity contribution < 1.29 is 32.9 Å². The molecule has 338 valence electrons. The molecule has 2 N–H and O–H groups in total. The van der Waals surface area contributed by atoms with Crippen molar-refractivity contribution in [1.29, 1.82) is 0 Å². The van der Waals surface area contributed by atoms with Gasteiger partial charge in [0.1, 0.15) is 13.2 Å². The van der Waals surface area contributed by atoms with Crippen LogP contribution in [-0.4, -0.2) is 68.5 Å². The molecule has 0 spiro atoms. The van der Waals surface area contributed by atoms with Crippen molar-refractivity contribution in [3.05, 3.63) is 24.3 Å². The molecule has 0 aliphatic carbocycles. The summed E-state index contributed by atoms with van der Waals surface area (Å²) in [5.74, 6) is -0.204. The first-order valence-electron chi connectivity index (χ1n) is 24.2. The van der Waals surface area contributed by atoms with Crippen LogP contribution in [0.2, 0.25) is 0 Å². The number of phosphoric acid groups is 1. The first-order valence-corrected chi connectivity index (χ1v) is 25.7. The van der Waals surface area contributed by atoms with Gasteiger partial charge in [0.15, 0.2) is 0 Å². The number of unbranched alkanes of at least 4 members (excludes halogenated alkanes) is 29. The van der Waals surface area contributed by atoms with E-state index in [1.54, 1.807) is 6.08 Å². The van der Waals surface area contributed by atoms with Crippen LogP contribution in [0.15, 0.2) is 24.3 Å². The molecule has 8 nitrogen and oxygen atoms in total. The first-order chi connectivity index (χ1) is 27.5. The second kappa shape index (κ2) is 40.4. The molecule has 0 fully saturated rings. The number of aliphatic hydroxyl groups is 1. The number of phosphoric ester groups is 1. The molecule has 3 atom stereocenters. The molecule has 0 aliphatic rings. The minimum atomic E-state index is -4.59. The van der Waals surface area contributed by atoms with Crippen LogP contribution in [-0.2, 0) is 18.4 Å². The van der Waals surface area contributed by atoms with Gasteiger partial charge in [-0.3, -0.25) is 9.36 Å². The number of rotatable bonds is 44. The third kappa shape index (κ3) is 42.9. The van der Waals surface area contributed by atoms with Crippen LogP contribution in [0.5, 0.6) is 0 Å². The van der Waals surface area contributed by atoms with E-state index in [-0.39, 0.29) is 19.1 Å². The Morgan fingerprint density at radius 3 is 1.42 bits per heavy atom. The lowest BCUT2D eigenvalue weighted by atomic mass is 10.0. The van der Waals surface area contributed by atoms with Gasteiger partial charge in [-0.15, -0.1) is 0 Å². The highest BCUT2D eigenvalue weighted by molar-refractivity contribution is 7.45. The molecule has 57 heavy (non-hydrogen) atoms. The molecule has 0 bridgehead atoms. The van der Waals surface area contributed by atoms with Gasteiger partial charge in [-0.25, -0.2) is 0 Å². The number of aliphatic hydroxyl groups excluding tert-OH is 1. The fourth-order valence-electron chi connectivity index (χ4n) is 7.05. The number of carbonyl (C=O) groups excluding carboxylic acids is 1. The number of nitrogens with one attached hydrogen (secondary N) is 1. The maximum Gasteiger partial charge on any atom is 0.268 e. The number of allylic oxidation sites excluding steroid dienone is 3. The van der Waals surface area contributed by atoms with E-state index in [0.29, 0.717) is 17.4 Å². The average molecular weight is 827 g/mol. The van der Waals surface area contributed by atoms with Gasteiger partial charge in [0.2, 0.25) is 5.91 Å². The quantitative estimate of drug-likeness (QED) is 0.0274. The van der Waals surface area contributed by atoms with Gasteiger partial charge >= 0.3 is 0 Å². The molecule has 0 saturated heterocycles. The predicted octanol–water partition coefficient (Wildman–Crippen LogP) is 13.1. The first kappa shape index (κ1) is 56.0. The Balaban J connectivity index is 4.27. The molecule has 0 aromatic rings. The van der Waals surface area contributed by atoms with E-state index in [1.807, 2.05) is 27.2 Å². The normalized spacial score (nSPS) is 14.4. The van der Waals surface area contributed by atoms with E-state index in [4.69, 9.17) is 9.05 Å². The molecular weight excluding hydrogens is 732 g/mol. The number of hydrogen-bond donors (Lipinski definition) is 2. The summed E-state index contributed by atoms with van der Waals surface area (Å²) in [7, 11) is 1.25. The Hall–Kier alpha value is -1.02. The summed E-state index contributed by atoms with van der Waals surface area (Å²) >= 11 is 0. The lowest BCUT2D eigenvalue weighted by Gasteiger charge is -2.29. The number of quaternary nitrogens is 1. The highest BCUT2D eigenvalue weighted by Gasteiger charge is 2.23. The minimum absolute atomic E-state index is 0.00422. The zero-order valence-corrected chi connectivity index (χ0v) is 39.2. The van der Waals surface area contributed by atoms with E-state index in [1.165, 1.54) is 167 Å². The van der Waals surface area contributed by atoms with Crippen molar-refractivity contribution in [3.8, 4) is 0 Å². The zero-order valence-electron chi connectivity index (χ0n) is 38.3. The number of likely N-dealkylation sites (N-methyl/N-ethyl adjacent to an activating group) is 1. The molecular formula is C48H95N2O6P. The Morgan fingerprint density at radius 1 is 0.596 bits per heavy atom. The van der Waals surface area contributed by atoms with Crippen molar-refractivity contribution in [2.24, 2.45) is 0 Å². The topological polar surface area (TPSA) is 108 Å². The largest absolute Gasteiger partial charge is 0.756 e. The van der Waals surface area contributed by atoms with E-state index in [9.17, 15) is 19.4 Å². The van der Waals surface area contributed by atoms with Crippen LogP contribution in [0.25, 0.3) is 0 Å². The molecule has 0 heterocycles. The summed E-state index contributed by atoms with van der Waals surface area (Å²) in [6.07, 6.45) is 48.1. The molecule has 1 amide bonds. The van der Waals surface area contributed by atoms with Crippen LogP contribution < -0.4 is 10.2 Å². The van der Waals surface area contributed by atoms with Gasteiger partial charge in [-0.1, -0.05) is 212 Å². The van der Waals surface area contributed by atoms with Gasteiger partial charge in [0, 0.05) is 6.42 Å². The van der Waals surface area contributed by atoms with Gasteiger partial charge in [0.05, 0.1) is 39.9 Å². The van der Waals surface area contributed by atoms with E-state index < -0.39 is 20.0 Å². The molecule has 0 aromatic heterocycles. The van der Waals surface area contributed by atoms with Crippen molar-refractivity contribution in [2.75, 3.05) is 40.9 Å². The monoisotopic (exact) mass is 827 g/mol. The van der Waals surface area contributed by atoms with Crippen molar-refractivity contribution in [2.45, 2.75) is 238 Å². The van der Waals surface area contributed by atoms with E-state index in [0.717, 1.165) is 38.5 Å². The van der Waals surface area contributed by atoms with Crippen LogP contribution in [0.1, 0.15) is 226 Å². The molecule has 0 radical (unpaired) electrons. The van der Waals surface area contributed by atoms with Crippen LogP contribution >= 0.6 is 7.82 Å². The number of nitrogens with zero attached hydrogens (tertiary/aromatic N) is 1. The summed E-state index contributed by atoms with van der Waals surface area (Å²) in [5, 5.41) is 13.8. The summed E-state index contributed by atoms with van der Waals surface area (Å²) < 4.78 is 23.2. The maximum absolute atomic E-state index is 12.9. The summed E-state index contributed by atoms with van der Waals surface area (Å²) in [6, 6.07) is -0.898. The molecule has 0 rings (SSSR count). The fraction of sp³-hybridized carbons (Fsp3) is 0.896. The highest BCUT2D eigenvalue weighted by atomic mass is 31.2. The smallest absolute Gasteiger partial charge is 0.268 e. The second-order valence-electron chi connectivity index (χ2n) is 17.8. The molecule has 1 unspecified atom stereocenters. The summed E-state index contributed by atoms with van der Waals surface area (Å²) in [5.41, 5.74) is 0. The minimum Gasteiger partial charge on any atom is -0.756 e. The average Bonchev–Trinajstić information content (AvgIpc) is 3.16. The van der Waals surface area contributed by atoms with Crippen molar-refractivity contribution in [1.82, 2.24) is 5.32 Å². The lowest BCUT2D eigenvalue weighted by molar-refractivity contribution is -0.870. The Morgan fingerprint density at radius 2 is 0.982 bits per heavy atom. The van der Waals surface area contributed by atoms with Crippen LogP contribution in [0.3, 0.4) is 0 Å². The van der Waals surface area contributed by atoms with Gasteiger partial charge in [0.25, 0.3) is 7.82 Å². The SMILES string of the molecule is CCCCCCCCC/C=C/CC/C=C/[C@@H](O)[C@H](COP(=O)([O-])OCC[N+](C)(C)C)NC(=O)CCCCCCCCCCCCCCCCCCCCCCCC. The Labute approximate surface area is 354 Å². The standard InChI is InChI=1S/C48H95N2O6P/c1-6-8-10-12-14-16-18-20-21-22-23-24-25-26-27-28-30-32-34-36-38-40-42-48(52)49-46(45-56-57(53,54)55-44-43-50(3,4)5)47(51)41-39-37-35-33-31-29-19-17-15-13-11-9-7-2/h31,33,39,41,46-47,51H,6-30,32,34-38,40,42-45H2,1-5H3,(H-,49,52,53,54)/b33-31+,41-39+/t46-,47+/m0/s1. The number of hydrogen-bond acceptors (Lipinski definition) is 6. The third-order valence-electron chi connectivity index (χ3n) is 10.9. The van der Waals surface area contributed by atoms with E-state index >= 15 is 0 Å². The molecule has 0 aliphatic heterocycles. The highest BCUT2D eigenvalue weighted by Crippen LogP contribution is 2.38. The number of amides is 1. The summed E-state index contributed by atoms with van der Waals surface area (Å²) in [6.45, 7) is 4.63. The van der Waals surface area contributed by atoms with Gasteiger partial charge in [-0.05, 0) is 32.1 Å². The van der Waals surface area contributed by atoms with Gasteiger partial charge in [-0.2, -0.15) is 0 Å². The van der Waals surface area contributed by atoms with Crippen molar-refractivity contribution in [3.63, 3.8) is 0 Å². The lowest BCUT2D eigenvalue weighted by Crippen LogP contribution is -2.45. The van der Waals surface area contributed by atoms with Crippen LogP contribution in [0, 0.1) is 0 Å².